The molecule has 1 aliphatic rings. The molecule has 296 valence electrons. The molecule has 6 atom stereocenters. The minimum atomic E-state index is -0.774. The molecule has 1 aromatic heterocycles. The highest BCUT2D eigenvalue weighted by Gasteiger charge is 2.56. The van der Waals surface area contributed by atoms with E-state index in [0.29, 0.717) is 38.6 Å². The molecule has 1 unspecified atom stereocenters. The molecule has 6 aromatic carbocycles. The zero-order valence-corrected chi connectivity index (χ0v) is 32.4. The number of aryl methyl sites for hydroxylation is 1. The molecule has 0 spiro atoms. The highest BCUT2D eigenvalue weighted by Crippen LogP contribution is 2.35. The van der Waals surface area contributed by atoms with Gasteiger partial charge in [0, 0.05) is 6.61 Å². The zero-order chi connectivity index (χ0) is 39.2. The van der Waals surface area contributed by atoms with Gasteiger partial charge in [0.2, 0.25) is 0 Å². The van der Waals surface area contributed by atoms with Crippen LogP contribution < -0.4 is 4.84 Å². The molecule has 1 fully saturated rings. The van der Waals surface area contributed by atoms with Gasteiger partial charge in [-0.05, 0) is 58.0 Å². The summed E-state index contributed by atoms with van der Waals surface area (Å²) in [7, 11) is 0. The largest absolute Gasteiger partial charge is 0.386 e. The lowest BCUT2D eigenvalue weighted by Gasteiger charge is -2.49. The second-order valence-corrected chi connectivity index (χ2v) is 14.5. The summed E-state index contributed by atoms with van der Waals surface area (Å²) in [5, 5.41) is 8.89. The highest BCUT2D eigenvalue weighted by atomic mass is 16.7. The molecular weight excluding hydrogens is 727 g/mol. The summed E-state index contributed by atoms with van der Waals surface area (Å²) in [5.74, 6) is 0. The third kappa shape index (κ3) is 10.2. The van der Waals surface area contributed by atoms with Crippen molar-refractivity contribution in [1.29, 1.82) is 0 Å². The van der Waals surface area contributed by atoms with Crippen molar-refractivity contribution in [2.24, 2.45) is 0 Å². The van der Waals surface area contributed by atoms with Crippen LogP contribution in [0, 0.1) is 0 Å². The van der Waals surface area contributed by atoms with Gasteiger partial charge in [-0.1, -0.05) is 169 Å². The number of ether oxygens (including phenoxy) is 5. The number of fused-ring (bicyclic) bond motifs is 1. The van der Waals surface area contributed by atoms with Crippen LogP contribution in [0.4, 0.5) is 0 Å². The standard InChI is InChI=1S/C49H49N3O6/c1-6-19-37(20-7-1)29-18-32-53-47-45(55-34-39-23-10-3-11-24-39)44(54-33-38-21-8-2-9-22-38)46(56-35-40-25-12-4-13-26-40)48(57-36-41-27-14-5-15-28-41)49(47)58-52-43-31-17-16-30-42(43)50-51-52/h1-17,19-28,30-31,44-49H,18,29,32-36H2/t44-,45-,46+,47+,48-,49?/m1/s1. The van der Waals surface area contributed by atoms with E-state index in [-0.39, 0.29) is 0 Å². The Labute approximate surface area is 340 Å². The van der Waals surface area contributed by atoms with Gasteiger partial charge in [-0.15, -0.1) is 5.10 Å². The molecule has 0 bridgehead atoms. The van der Waals surface area contributed by atoms with Gasteiger partial charge < -0.3 is 28.5 Å². The molecule has 0 radical (unpaired) electrons. The Morgan fingerprint density at radius 2 is 0.741 bits per heavy atom. The van der Waals surface area contributed by atoms with Gasteiger partial charge in [0.25, 0.3) is 0 Å². The van der Waals surface area contributed by atoms with Gasteiger partial charge in [-0.3, -0.25) is 0 Å². The quantitative estimate of drug-likeness (QED) is 0.0756. The maximum atomic E-state index is 7.03. The summed E-state index contributed by atoms with van der Waals surface area (Å²) in [5.41, 5.74) is 6.76. The Morgan fingerprint density at radius 3 is 1.19 bits per heavy atom. The first-order chi connectivity index (χ1) is 28.8. The molecule has 1 aliphatic carbocycles. The van der Waals surface area contributed by atoms with Crippen LogP contribution in [-0.2, 0) is 56.5 Å². The van der Waals surface area contributed by atoms with E-state index in [4.69, 9.17) is 28.5 Å². The van der Waals surface area contributed by atoms with Gasteiger partial charge >= 0.3 is 0 Å². The Balaban J connectivity index is 1.21. The molecule has 0 amide bonds. The average Bonchev–Trinajstić information content (AvgIpc) is 3.70. The van der Waals surface area contributed by atoms with E-state index >= 15 is 0 Å². The third-order valence-electron chi connectivity index (χ3n) is 10.4. The van der Waals surface area contributed by atoms with E-state index in [1.54, 1.807) is 0 Å². The van der Waals surface area contributed by atoms with Crippen molar-refractivity contribution >= 4 is 11.0 Å². The van der Waals surface area contributed by atoms with E-state index < -0.39 is 36.6 Å². The van der Waals surface area contributed by atoms with E-state index in [9.17, 15) is 0 Å². The number of hydrogen-bond acceptors (Lipinski definition) is 8. The Bertz CT molecular complexity index is 2230. The van der Waals surface area contributed by atoms with Gasteiger partial charge in [-0.2, -0.15) is 0 Å². The molecule has 0 aliphatic heterocycles. The minimum Gasteiger partial charge on any atom is -0.386 e. The topological polar surface area (TPSA) is 86.1 Å². The Kier molecular flexibility index (Phi) is 13.6. The molecular formula is C49H49N3O6. The van der Waals surface area contributed by atoms with E-state index in [2.05, 4.69) is 83.1 Å². The predicted molar refractivity (Wildman–Crippen MR) is 222 cm³/mol. The van der Waals surface area contributed by atoms with Crippen LogP contribution in [0.15, 0.2) is 176 Å². The van der Waals surface area contributed by atoms with E-state index in [1.807, 2.05) is 103 Å². The molecule has 0 N–H and O–H groups in total. The smallest absolute Gasteiger partial charge is 0.184 e. The van der Waals surface area contributed by atoms with Crippen molar-refractivity contribution < 1.29 is 28.5 Å². The molecule has 7 aromatic rings. The summed E-state index contributed by atoms with van der Waals surface area (Å²) in [6, 6.07) is 58.7. The molecule has 1 heterocycles. The van der Waals surface area contributed by atoms with Gasteiger partial charge in [-0.25, -0.2) is 0 Å². The first-order valence-corrected chi connectivity index (χ1v) is 20.0. The number of nitrogens with zero attached hydrogens (tertiary/aromatic N) is 3. The van der Waals surface area contributed by atoms with E-state index in [0.717, 1.165) is 40.6 Å². The van der Waals surface area contributed by atoms with Crippen LogP contribution in [-0.4, -0.2) is 58.4 Å². The predicted octanol–water partition coefficient (Wildman–Crippen LogP) is 8.60. The molecule has 9 nitrogen and oxygen atoms in total. The lowest BCUT2D eigenvalue weighted by molar-refractivity contribution is -0.290. The van der Waals surface area contributed by atoms with Crippen LogP contribution in [0.5, 0.6) is 0 Å². The first kappa shape index (κ1) is 39.2. The van der Waals surface area contributed by atoms with Crippen molar-refractivity contribution in [2.45, 2.75) is 75.9 Å². The number of para-hydroxylation sites is 1. The summed E-state index contributed by atoms with van der Waals surface area (Å²) in [4.78, 5) is 8.47. The van der Waals surface area contributed by atoms with Crippen molar-refractivity contribution in [3.63, 3.8) is 0 Å². The van der Waals surface area contributed by atoms with Crippen LogP contribution in [0.1, 0.15) is 34.2 Å². The van der Waals surface area contributed by atoms with Crippen LogP contribution in [0.2, 0.25) is 0 Å². The fourth-order valence-corrected chi connectivity index (χ4v) is 7.44. The zero-order valence-electron chi connectivity index (χ0n) is 32.4. The second-order valence-electron chi connectivity index (χ2n) is 14.5. The molecule has 1 saturated carbocycles. The number of aromatic nitrogens is 3. The summed E-state index contributed by atoms with van der Waals surface area (Å²) < 4.78 is 35.1. The monoisotopic (exact) mass is 775 g/mol. The first-order valence-electron chi connectivity index (χ1n) is 20.0. The van der Waals surface area contributed by atoms with Gasteiger partial charge in [0.15, 0.2) is 6.10 Å². The lowest BCUT2D eigenvalue weighted by atomic mass is 9.83. The maximum Gasteiger partial charge on any atom is 0.184 e. The number of rotatable bonds is 19. The second kappa shape index (κ2) is 20.1. The number of hydrogen-bond donors (Lipinski definition) is 0. The molecule has 0 saturated heterocycles. The number of benzene rings is 6. The van der Waals surface area contributed by atoms with E-state index in [1.165, 1.54) is 10.4 Å². The SMILES string of the molecule is c1ccc(CCCO[C@@H]2C(On3nnc4ccccc43)[C@H](OCc3ccccc3)[C@@H](OCc3ccccc3)[C@H](OCc3ccccc3)[C@H]2OCc2ccccc2)cc1. The Hall–Kier alpha value is -5.68. The fraction of sp³-hybridized carbons (Fsp3) is 0.265. The third-order valence-corrected chi connectivity index (χ3v) is 10.4. The molecule has 8 rings (SSSR count). The summed E-state index contributed by atoms with van der Waals surface area (Å²) in [6.45, 7) is 1.70. The maximum absolute atomic E-state index is 7.03. The van der Waals surface area contributed by atoms with Crippen LogP contribution >= 0.6 is 0 Å². The summed E-state index contributed by atoms with van der Waals surface area (Å²) in [6.07, 6.45) is -2.49. The molecule has 58 heavy (non-hydrogen) atoms. The van der Waals surface area contributed by atoms with Crippen molar-refractivity contribution in [2.75, 3.05) is 6.61 Å². The normalized spacial score (nSPS) is 20.6. The van der Waals surface area contributed by atoms with Crippen LogP contribution in [0.3, 0.4) is 0 Å². The lowest BCUT2D eigenvalue weighted by Crippen LogP contribution is -2.69. The highest BCUT2D eigenvalue weighted by molar-refractivity contribution is 5.73. The summed E-state index contributed by atoms with van der Waals surface area (Å²) >= 11 is 0. The fourth-order valence-electron chi connectivity index (χ4n) is 7.44. The average molecular weight is 776 g/mol. The van der Waals surface area contributed by atoms with Crippen molar-refractivity contribution in [3.05, 3.63) is 204 Å². The van der Waals surface area contributed by atoms with Crippen LogP contribution in [0.25, 0.3) is 11.0 Å². The van der Waals surface area contributed by atoms with Crippen molar-refractivity contribution in [1.82, 2.24) is 15.2 Å². The minimum absolute atomic E-state index is 0.302. The molecule has 9 heteroatoms. The van der Waals surface area contributed by atoms with Gasteiger partial charge in [0.05, 0.1) is 26.4 Å². The Morgan fingerprint density at radius 1 is 0.379 bits per heavy atom. The van der Waals surface area contributed by atoms with Gasteiger partial charge in [0.1, 0.15) is 41.6 Å². The van der Waals surface area contributed by atoms with Crippen molar-refractivity contribution in [3.8, 4) is 0 Å².